The molecule has 0 aromatic carbocycles. The molecule has 2 saturated heterocycles. The van der Waals surface area contributed by atoms with E-state index >= 15 is 0 Å². The van der Waals surface area contributed by atoms with E-state index < -0.39 is 0 Å². The molecule has 2 fully saturated rings. The van der Waals surface area contributed by atoms with Gasteiger partial charge in [0.15, 0.2) is 0 Å². The van der Waals surface area contributed by atoms with Gasteiger partial charge in [0, 0.05) is 26.1 Å². The summed E-state index contributed by atoms with van der Waals surface area (Å²) in [5, 5.41) is 5.57. The molecule has 16 heavy (non-hydrogen) atoms. The van der Waals surface area contributed by atoms with Gasteiger partial charge in [0.2, 0.25) is 11.8 Å². The molecule has 0 saturated carbocycles. The van der Waals surface area contributed by atoms with Gasteiger partial charge in [0.1, 0.15) is 0 Å². The number of carbonyl (C=O) groups is 2. The Labute approximate surface area is 94.9 Å². The van der Waals surface area contributed by atoms with Crippen LogP contribution in [0.25, 0.3) is 0 Å². The molecule has 2 aliphatic rings. The molecule has 90 valence electrons. The molecule has 2 aliphatic heterocycles. The highest BCUT2D eigenvalue weighted by molar-refractivity contribution is 5.89. The lowest BCUT2D eigenvalue weighted by molar-refractivity contribution is -0.126. The first-order valence-electron chi connectivity index (χ1n) is 5.88. The first-order chi connectivity index (χ1) is 7.75. The quantitative estimate of drug-likeness (QED) is 0.692. The van der Waals surface area contributed by atoms with Gasteiger partial charge in [-0.3, -0.25) is 9.59 Å². The van der Waals surface area contributed by atoms with Crippen molar-refractivity contribution < 1.29 is 14.3 Å². The van der Waals surface area contributed by atoms with Crippen LogP contribution in [0, 0.1) is 11.8 Å². The molecular formula is C11H18N2O3. The molecule has 2 rings (SSSR count). The fourth-order valence-electron chi connectivity index (χ4n) is 2.15. The first kappa shape index (κ1) is 11.4. The molecule has 2 heterocycles. The fourth-order valence-corrected chi connectivity index (χ4v) is 2.15. The Morgan fingerprint density at radius 2 is 2.44 bits per heavy atom. The Hall–Kier alpha value is -1.10. The first-order valence-corrected chi connectivity index (χ1v) is 5.88. The van der Waals surface area contributed by atoms with Crippen LogP contribution in [0.2, 0.25) is 0 Å². The van der Waals surface area contributed by atoms with E-state index in [-0.39, 0.29) is 17.7 Å². The van der Waals surface area contributed by atoms with Crippen LogP contribution in [0.3, 0.4) is 0 Å². The average molecular weight is 226 g/mol. The average Bonchev–Trinajstić information content (AvgIpc) is 2.74. The molecule has 5 nitrogen and oxygen atoms in total. The minimum atomic E-state index is -0.183. The van der Waals surface area contributed by atoms with Gasteiger partial charge in [-0.05, 0) is 18.8 Å². The monoisotopic (exact) mass is 226 g/mol. The van der Waals surface area contributed by atoms with Crippen molar-refractivity contribution in [2.24, 2.45) is 11.8 Å². The minimum absolute atomic E-state index is 0.0103. The third-order valence-corrected chi connectivity index (χ3v) is 3.17. The van der Waals surface area contributed by atoms with Gasteiger partial charge in [0.25, 0.3) is 0 Å². The van der Waals surface area contributed by atoms with Crippen molar-refractivity contribution >= 4 is 11.8 Å². The molecule has 0 radical (unpaired) electrons. The summed E-state index contributed by atoms with van der Waals surface area (Å²) in [5.74, 6) is 0.213. The summed E-state index contributed by atoms with van der Waals surface area (Å²) in [6.45, 7) is 2.73. The number of rotatable bonds is 3. The summed E-state index contributed by atoms with van der Waals surface area (Å²) < 4.78 is 5.34. The van der Waals surface area contributed by atoms with Crippen LogP contribution in [0.1, 0.15) is 19.3 Å². The summed E-state index contributed by atoms with van der Waals surface area (Å²) >= 11 is 0. The highest BCUT2D eigenvalue weighted by atomic mass is 16.5. The molecular weight excluding hydrogens is 208 g/mol. The Morgan fingerprint density at radius 1 is 1.56 bits per heavy atom. The highest BCUT2D eigenvalue weighted by Crippen LogP contribution is 2.13. The van der Waals surface area contributed by atoms with E-state index in [1.165, 1.54) is 0 Å². The van der Waals surface area contributed by atoms with Crippen LogP contribution >= 0.6 is 0 Å². The Bertz CT molecular complexity index is 274. The molecule has 0 bridgehead atoms. The maximum atomic E-state index is 11.7. The van der Waals surface area contributed by atoms with Crippen LogP contribution in [0.5, 0.6) is 0 Å². The van der Waals surface area contributed by atoms with E-state index in [1.807, 2.05) is 0 Å². The van der Waals surface area contributed by atoms with Crippen LogP contribution in [0.4, 0.5) is 0 Å². The van der Waals surface area contributed by atoms with E-state index in [1.54, 1.807) is 0 Å². The van der Waals surface area contributed by atoms with Gasteiger partial charge in [0.05, 0.1) is 12.5 Å². The van der Waals surface area contributed by atoms with E-state index in [0.29, 0.717) is 25.4 Å². The summed E-state index contributed by atoms with van der Waals surface area (Å²) in [7, 11) is 0. The summed E-state index contributed by atoms with van der Waals surface area (Å²) in [6.07, 6.45) is 2.51. The van der Waals surface area contributed by atoms with Crippen LogP contribution in [-0.2, 0) is 14.3 Å². The van der Waals surface area contributed by atoms with Crippen molar-refractivity contribution in [3.63, 3.8) is 0 Å². The summed E-state index contributed by atoms with van der Waals surface area (Å²) in [5.41, 5.74) is 0. The molecule has 0 spiro atoms. The second-order valence-corrected chi connectivity index (χ2v) is 4.53. The van der Waals surface area contributed by atoms with Gasteiger partial charge in [-0.25, -0.2) is 0 Å². The number of carbonyl (C=O) groups excluding carboxylic acids is 2. The largest absolute Gasteiger partial charge is 0.381 e. The minimum Gasteiger partial charge on any atom is -0.381 e. The molecule has 0 aromatic heterocycles. The van der Waals surface area contributed by atoms with Crippen molar-refractivity contribution in [2.45, 2.75) is 19.3 Å². The lowest BCUT2D eigenvalue weighted by Gasteiger charge is -2.22. The van der Waals surface area contributed by atoms with Crippen LogP contribution in [0.15, 0.2) is 0 Å². The Morgan fingerprint density at radius 3 is 3.06 bits per heavy atom. The van der Waals surface area contributed by atoms with E-state index in [4.69, 9.17) is 4.74 Å². The second kappa shape index (κ2) is 5.30. The molecule has 5 heteroatoms. The maximum absolute atomic E-state index is 11.7. The van der Waals surface area contributed by atoms with Crippen LogP contribution < -0.4 is 10.6 Å². The lowest BCUT2D eigenvalue weighted by atomic mass is 10.0. The van der Waals surface area contributed by atoms with Gasteiger partial charge in [-0.15, -0.1) is 0 Å². The number of ether oxygens (including phenoxy) is 1. The lowest BCUT2D eigenvalue weighted by Crippen LogP contribution is -2.37. The Balaban J connectivity index is 1.68. The third kappa shape index (κ3) is 2.95. The predicted molar refractivity (Wildman–Crippen MR) is 57.7 cm³/mol. The van der Waals surface area contributed by atoms with Crippen LogP contribution in [-0.4, -0.2) is 38.1 Å². The Kier molecular flexibility index (Phi) is 3.77. The van der Waals surface area contributed by atoms with Gasteiger partial charge in [-0.2, -0.15) is 0 Å². The zero-order valence-electron chi connectivity index (χ0n) is 9.33. The summed E-state index contributed by atoms with van der Waals surface area (Å²) in [6, 6.07) is 0. The number of hydrogen-bond acceptors (Lipinski definition) is 3. The maximum Gasteiger partial charge on any atom is 0.225 e. The highest BCUT2D eigenvalue weighted by Gasteiger charge is 2.28. The molecule has 0 aliphatic carbocycles. The molecule has 2 amide bonds. The predicted octanol–water partition coefficient (Wildman–Crippen LogP) is -0.335. The second-order valence-electron chi connectivity index (χ2n) is 4.53. The third-order valence-electron chi connectivity index (χ3n) is 3.17. The topological polar surface area (TPSA) is 67.4 Å². The number of nitrogens with one attached hydrogen (secondary N) is 2. The van der Waals surface area contributed by atoms with Crippen molar-refractivity contribution in [1.29, 1.82) is 0 Å². The smallest absolute Gasteiger partial charge is 0.225 e. The SMILES string of the molecule is O=C1CC(C(=O)NCC2CCCOC2)CN1. The molecule has 2 unspecified atom stereocenters. The van der Waals surface area contributed by atoms with E-state index in [2.05, 4.69) is 10.6 Å². The molecule has 0 aromatic rings. The van der Waals surface area contributed by atoms with Crippen molar-refractivity contribution in [1.82, 2.24) is 10.6 Å². The van der Waals surface area contributed by atoms with Gasteiger partial charge >= 0.3 is 0 Å². The van der Waals surface area contributed by atoms with Crippen molar-refractivity contribution in [3.05, 3.63) is 0 Å². The normalized spacial score (nSPS) is 29.9. The van der Waals surface area contributed by atoms with Crippen molar-refractivity contribution in [2.75, 3.05) is 26.3 Å². The zero-order valence-corrected chi connectivity index (χ0v) is 9.33. The number of hydrogen-bond donors (Lipinski definition) is 2. The zero-order chi connectivity index (χ0) is 11.4. The van der Waals surface area contributed by atoms with Gasteiger partial charge in [-0.1, -0.05) is 0 Å². The van der Waals surface area contributed by atoms with Gasteiger partial charge < -0.3 is 15.4 Å². The summed E-state index contributed by atoms with van der Waals surface area (Å²) in [4.78, 5) is 22.6. The standard InChI is InChI=1S/C11H18N2O3/c14-10-4-9(6-12-10)11(15)13-5-8-2-1-3-16-7-8/h8-9H,1-7H2,(H,12,14)(H,13,15). The molecule has 2 N–H and O–H groups in total. The van der Waals surface area contributed by atoms with Crippen molar-refractivity contribution in [3.8, 4) is 0 Å². The fraction of sp³-hybridized carbons (Fsp3) is 0.818. The van der Waals surface area contributed by atoms with E-state index in [9.17, 15) is 9.59 Å². The van der Waals surface area contributed by atoms with E-state index in [0.717, 1.165) is 26.1 Å². The molecule has 2 atom stereocenters. The number of amides is 2.